The molecule has 0 aromatic rings. The van der Waals surface area contributed by atoms with Crippen LogP contribution in [0, 0.1) is 0 Å². The van der Waals surface area contributed by atoms with E-state index in [4.69, 9.17) is 5.73 Å². The molecule has 0 radical (unpaired) electrons. The fourth-order valence-corrected chi connectivity index (χ4v) is 1.20. The molecule has 0 saturated heterocycles. The smallest absolute Gasteiger partial charge is 0.00734 e. The predicted octanol–water partition coefficient (Wildman–Crippen LogP) is 3.67. The molecule has 0 spiro atoms. The van der Waals surface area contributed by atoms with Crippen molar-refractivity contribution in [1.82, 2.24) is 0 Å². The molecule has 0 saturated carbocycles. The van der Waals surface area contributed by atoms with E-state index in [0.717, 1.165) is 19.3 Å². The highest BCUT2D eigenvalue weighted by molar-refractivity contribution is 5.85. The molecule has 0 bridgehead atoms. The molecule has 0 amide bonds. The van der Waals surface area contributed by atoms with Gasteiger partial charge >= 0.3 is 0 Å². The van der Waals surface area contributed by atoms with Crippen molar-refractivity contribution in [3.8, 4) is 0 Å². The molecule has 1 unspecified atom stereocenters. The number of hydrogen-bond donors (Lipinski definition) is 1. The van der Waals surface area contributed by atoms with Gasteiger partial charge in [0.25, 0.3) is 0 Å². The van der Waals surface area contributed by atoms with E-state index in [0.29, 0.717) is 6.04 Å². The summed E-state index contributed by atoms with van der Waals surface area (Å²) >= 11 is 0. The Bertz CT molecular complexity index is 132. The first kappa shape index (κ1) is 15.5. The molecule has 0 aromatic carbocycles. The van der Waals surface area contributed by atoms with Crippen LogP contribution < -0.4 is 5.73 Å². The predicted molar refractivity (Wildman–Crippen MR) is 63.4 cm³/mol. The normalized spacial score (nSPS) is 13.7. The molecule has 0 heterocycles. The Balaban J connectivity index is 0. The summed E-state index contributed by atoms with van der Waals surface area (Å²) in [4.78, 5) is 0. The van der Waals surface area contributed by atoms with Crippen LogP contribution in [0.4, 0.5) is 0 Å². The third kappa shape index (κ3) is 8.32. The highest BCUT2D eigenvalue weighted by Gasteiger charge is 2.01. The SMILES string of the molecule is CCC/C=C(\CC)CC(N)CC.Cl. The molecule has 1 nitrogen and oxygen atoms in total. The molecule has 2 heteroatoms. The highest BCUT2D eigenvalue weighted by Crippen LogP contribution is 2.11. The lowest BCUT2D eigenvalue weighted by Crippen LogP contribution is -2.18. The molecule has 0 aliphatic rings. The van der Waals surface area contributed by atoms with Gasteiger partial charge in [-0.1, -0.05) is 38.8 Å². The van der Waals surface area contributed by atoms with Crippen molar-refractivity contribution in [3.05, 3.63) is 11.6 Å². The Morgan fingerprint density at radius 1 is 1.31 bits per heavy atom. The van der Waals surface area contributed by atoms with Crippen LogP contribution in [-0.2, 0) is 0 Å². The summed E-state index contributed by atoms with van der Waals surface area (Å²) < 4.78 is 0. The molecule has 0 aromatic heterocycles. The maximum atomic E-state index is 5.88. The van der Waals surface area contributed by atoms with Gasteiger partial charge in [-0.25, -0.2) is 0 Å². The first-order valence-electron chi connectivity index (χ1n) is 5.18. The summed E-state index contributed by atoms with van der Waals surface area (Å²) in [5.41, 5.74) is 7.41. The van der Waals surface area contributed by atoms with Gasteiger partial charge in [0, 0.05) is 6.04 Å². The second-order valence-electron chi connectivity index (χ2n) is 3.38. The van der Waals surface area contributed by atoms with Gasteiger partial charge in [-0.3, -0.25) is 0 Å². The molecule has 0 fully saturated rings. The van der Waals surface area contributed by atoms with Crippen molar-refractivity contribution in [1.29, 1.82) is 0 Å². The van der Waals surface area contributed by atoms with Crippen LogP contribution in [0.15, 0.2) is 11.6 Å². The zero-order valence-corrected chi connectivity index (χ0v) is 9.99. The van der Waals surface area contributed by atoms with E-state index in [9.17, 15) is 0 Å². The number of hydrogen-bond acceptors (Lipinski definition) is 1. The Morgan fingerprint density at radius 2 is 1.92 bits per heavy atom. The molecular formula is C11H24ClN. The summed E-state index contributed by atoms with van der Waals surface area (Å²) in [6.07, 6.45) is 8.14. The van der Waals surface area contributed by atoms with Gasteiger partial charge < -0.3 is 5.73 Å². The summed E-state index contributed by atoms with van der Waals surface area (Å²) in [5.74, 6) is 0. The fourth-order valence-electron chi connectivity index (χ4n) is 1.20. The average molecular weight is 206 g/mol. The van der Waals surface area contributed by atoms with Crippen molar-refractivity contribution in [2.45, 2.75) is 58.9 Å². The minimum Gasteiger partial charge on any atom is -0.327 e. The van der Waals surface area contributed by atoms with Gasteiger partial charge in [0.15, 0.2) is 0 Å². The van der Waals surface area contributed by atoms with Crippen LogP contribution in [0.25, 0.3) is 0 Å². The lowest BCUT2D eigenvalue weighted by atomic mass is 10.0. The first-order valence-corrected chi connectivity index (χ1v) is 5.18. The van der Waals surface area contributed by atoms with Crippen LogP contribution in [0.3, 0.4) is 0 Å². The quantitative estimate of drug-likeness (QED) is 0.658. The lowest BCUT2D eigenvalue weighted by molar-refractivity contribution is 0.630. The fraction of sp³-hybridized carbons (Fsp3) is 0.818. The number of halogens is 1. The number of unbranched alkanes of at least 4 members (excludes halogenated alkanes) is 1. The Kier molecular flexibility index (Phi) is 12.0. The highest BCUT2D eigenvalue weighted by atomic mass is 35.5. The molecule has 0 rings (SSSR count). The van der Waals surface area contributed by atoms with Gasteiger partial charge in [-0.2, -0.15) is 0 Å². The lowest BCUT2D eigenvalue weighted by Gasteiger charge is -2.10. The molecular weight excluding hydrogens is 182 g/mol. The second-order valence-corrected chi connectivity index (χ2v) is 3.38. The van der Waals surface area contributed by atoms with Crippen LogP contribution in [0.1, 0.15) is 52.9 Å². The maximum Gasteiger partial charge on any atom is 0.00734 e. The number of nitrogens with two attached hydrogens (primary N) is 1. The largest absolute Gasteiger partial charge is 0.327 e. The van der Waals surface area contributed by atoms with Crippen molar-refractivity contribution in [2.24, 2.45) is 5.73 Å². The van der Waals surface area contributed by atoms with Crippen molar-refractivity contribution < 1.29 is 0 Å². The Morgan fingerprint density at radius 3 is 2.31 bits per heavy atom. The van der Waals surface area contributed by atoms with Crippen molar-refractivity contribution in [3.63, 3.8) is 0 Å². The molecule has 0 aliphatic heterocycles. The van der Waals surface area contributed by atoms with E-state index >= 15 is 0 Å². The molecule has 0 aliphatic carbocycles. The molecule has 1 atom stereocenters. The van der Waals surface area contributed by atoms with Crippen LogP contribution in [-0.4, -0.2) is 6.04 Å². The molecule has 13 heavy (non-hydrogen) atoms. The standard InChI is InChI=1S/C11H23N.ClH/c1-4-7-8-10(5-2)9-11(12)6-3;/h8,11H,4-7,9,12H2,1-3H3;1H/b10-8+;. The van der Waals surface area contributed by atoms with Crippen molar-refractivity contribution in [2.75, 3.05) is 0 Å². The Hall–Kier alpha value is -0.0100. The third-order valence-electron chi connectivity index (χ3n) is 2.22. The van der Waals surface area contributed by atoms with Crippen molar-refractivity contribution >= 4 is 12.4 Å². The molecule has 2 N–H and O–H groups in total. The first-order chi connectivity index (χ1) is 5.74. The van der Waals surface area contributed by atoms with E-state index in [1.807, 2.05) is 0 Å². The van der Waals surface area contributed by atoms with Crippen LogP contribution >= 0.6 is 12.4 Å². The van der Waals surface area contributed by atoms with Gasteiger partial charge in [0.05, 0.1) is 0 Å². The van der Waals surface area contributed by atoms with E-state index in [1.54, 1.807) is 0 Å². The zero-order valence-electron chi connectivity index (χ0n) is 9.18. The van der Waals surface area contributed by atoms with Gasteiger partial charge in [0.1, 0.15) is 0 Å². The molecule has 80 valence electrons. The summed E-state index contributed by atoms with van der Waals surface area (Å²) in [5, 5.41) is 0. The van der Waals surface area contributed by atoms with Crippen LogP contribution in [0.2, 0.25) is 0 Å². The third-order valence-corrected chi connectivity index (χ3v) is 2.22. The van der Waals surface area contributed by atoms with E-state index in [2.05, 4.69) is 26.8 Å². The number of rotatable bonds is 6. The van der Waals surface area contributed by atoms with Gasteiger partial charge in [-0.05, 0) is 25.7 Å². The summed E-state index contributed by atoms with van der Waals surface area (Å²) in [6, 6.07) is 0.369. The van der Waals surface area contributed by atoms with E-state index < -0.39 is 0 Å². The van der Waals surface area contributed by atoms with E-state index in [1.165, 1.54) is 18.4 Å². The topological polar surface area (TPSA) is 26.0 Å². The van der Waals surface area contributed by atoms with Gasteiger partial charge in [0.2, 0.25) is 0 Å². The van der Waals surface area contributed by atoms with E-state index in [-0.39, 0.29) is 12.4 Å². The zero-order chi connectivity index (χ0) is 9.40. The monoisotopic (exact) mass is 205 g/mol. The number of allylic oxidation sites excluding steroid dienone is 1. The summed E-state index contributed by atoms with van der Waals surface area (Å²) in [6.45, 7) is 6.57. The minimum atomic E-state index is 0. The summed E-state index contributed by atoms with van der Waals surface area (Å²) in [7, 11) is 0. The second kappa shape index (κ2) is 10.1. The Labute approximate surface area is 89.2 Å². The van der Waals surface area contributed by atoms with Crippen LogP contribution in [0.5, 0.6) is 0 Å². The maximum absolute atomic E-state index is 5.88. The minimum absolute atomic E-state index is 0. The van der Waals surface area contributed by atoms with Gasteiger partial charge in [-0.15, -0.1) is 12.4 Å². The average Bonchev–Trinajstić information content (AvgIpc) is 2.11.